The maximum absolute atomic E-state index is 12.0. The fraction of sp³-hybridized carbons (Fsp3) is 0.273. The summed E-state index contributed by atoms with van der Waals surface area (Å²) in [7, 11) is -4.62. The molecule has 6 heteroatoms. The summed E-state index contributed by atoms with van der Waals surface area (Å²) in [6.07, 6.45) is -0.526. The van der Waals surface area contributed by atoms with Gasteiger partial charge in [0.15, 0.2) is 16.3 Å². The molecule has 0 fully saturated rings. The first-order chi connectivity index (χ1) is 7.77. The number of rotatable bonds is 1. The van der Waals surface area contributed by atoms with Gasteiger partial charge in [-0.3, -0.25) is 14.1 Å². The highest BCUT2D eigenvalue weighted by Gasteiger charge is 2.51. The molecule has 1 N–H and O–H groups in total. The molecule has 0 heterocycles. The van der Waals surface area contributed by atoms with E-state index < -0.39 is 32.9 Å². The van der Waals surface area contributed by atoms with Crippen molar-refractivity contribution >= 4 is 21.7 Å². The lowest BCUT2D eigenvalue weighted by Crippen LogP contribution is -2.48. The number of hydrogen-bond donors (Lipinski definition) is 1. The molecule has 0 aliphatic heterocycles. The van der Waals surface area contributed by atoms with E-state index in [1.165, 1.54) is 12.1 Å². The Bertz CT molecular complexity index is 617. The predicted octanol–water partition coefficient (Wildman–Crippen LogP) is 1.10. The second-order valence-corrected chi connectivity index (χ2v) is 6.03. The van der Waals surface area contributed by atoms with Crippen LogP contribution in [0, 0.1) is 0 Å². The molecule has 1 aliphatic carbocycles. The van der Waals surface area contributed by atoms with Gasteiger partial charge in [-0.1, -0.05) is 24.3 Å². The van der Waals surface area contributed by atoms with Crippen LogP contribution in [0.3, 0.4) is 0 Å². The summed E-state index contributed by atoms with van der Waals surface area (Å²) in [5.74, 6) is -1.20. The number of hydrogen-bond acceptors (Lipinski definition) is 4. The van der Waals surface area contributed by atoms with Crippen LogP contribution >= 0.6 is 0 Å². The Morgan fingerprint density at radius 2 is 1.71 bits per heavy atom. The number of carbonyl (C=O) groups is 2. The molecule has 17 heavy (non-hydrogen) atoms. The molecule has 5 nitrogen and oxygen atoms in total. The van der Waals surface area contributed by atoms with Crippen LogP contribution in [0.5, 0.6) is 0 Å². The van der Waals surface area contributed by atoms with E-state index in [2.05, 4.69) is 0 Å². The number of Topliss-reactive ketones (excluding diaryl/α,β-unsaturated/α-hetero) is 2. The van der Waals surface area contributed by atoms with Gasteiger partial charge in [-0.05, 0) is 6.92 Å². The molecule has 1 unspecified atom stereocenters. The van der Waals surface area contributed by atoms with Crippen LogP contribution in [0.2, 0.25) is 0 Å². The van der Waals surface area contributed by atoms with E-state index in [9.17, 15) is 18.0 Å². The Kier molecular flexibility index (Phi) is 2.44. The van der Waals surface area contributed by atoms with Crippen molar-refractivity contribution in [1.82, 2.24) is 0 Å². The third-order valence-corrected chi connectivity index (χ3v) is 4.49. The highest BCUT2D eigenvalue weighted by molar-refractivity contribution is 7.88. The maximum atomic E-state index is 12.0. The Hall–Kier alpha value is -1.53. The second-order valence-electron chi connectivity index (χ2n) is 4.18. The topological polar surface area (TPSA) is 88.5 Å². The molecule has 2 rings (SSSR count). The second kappa shape index (κ2) is 3.48. The molecule has 0 aromatic heterocycles. The zero-order valence-electron chi connectivity index (χ0n) is 9.00. The van der Waals surface area contributed by atoms with Crippen molar-refractivity contribution in [3.05, 3.63) is 35.4 Å². The molecule has 1 aromatic rings. The highest BCUT2D eigenvalue weighted by atomic mass is 32.2. The van der Waals surface area contributed by atoms with E-state index in [1.807, 2.05) is 0 Å². The summed E-state index contributed by atoms with van der Waals surface area (Å²) in [5, 5.41) is 0. The summed E-state index contributed by atoms with van der Waals surface area (Å²) in [5.41, 5.74) is 0.252. The minimum absolute atomic E-state index is 0.0453. The smallest absolute Gasteiger partial charge is 0.278 e. The summed E-state index contributed by atoms with van der Waals surface area (Å²) < 4.78 is 29.6. The average molecular weight is 254 g/mol. The third-order valence-electron chi connectivity index (χ3n) is 3.02. The van der Waals surface area contributed by atoms with Crippen molar-refractivity contribution in [2.45, 2.75) is 18.1 Å². The minimum Gasteiger partial charge on any atom is -0.294 e. The maximum Gasteiger partial charge on any atom is 0.278 e. The molecule has 1 aliphatic rings. The van der Waals surface area contributed by atoms with Gasteiger partial charge in [0.1, 0.15) is 0 Å². The van der Waals surface area contributed by atoms with Crippen LogP contribution in [-0.4, -0.2) is 29.3 Å². The van der Waals surface area contributed by atoms with E-state index in [0.717, 1.165) is 6.92 Å². The monoisotopic (exact) mass is 254 g/mol. The SMILES string of the molecule is CC1(S(=O)(=O)O)CC(=O)c2ccccc2C1=O. The van der Waals surface area contributed by atoms with Gasteiger partial charge in [-0.15, -0.1) is 0 Å². The largest absolute Gasteiger partial charge is 0.294 e. The third kappa shape index (κ3) is 1.60. The van der Waals surface area contributed by atoms with Crippen molar-refractivity contribution in [1.29, 1.82) is 0 Å². The van der Waals surface area contributed by atoms with Gasteiger partial charge in [0.05, 0.1) is 0 Å². The van der Waals surface area contributed by atoms with Gasteiger partial charge in [0.25, 0.3) is 10.1 Å². The van der Waals surface area contributed by atoms with Crippen LogP contribution in [0.4, 0.5) is 0 Å². The van der Waals surface area contributed by atoms with E-state index in [-0.39, 0.29) is 11.1 Å². The quantitative estimate of drug-likeness (QED) is 0.758. The van der Waals surface area contributed by atoms with Crippen LogP contribution in [0.1, 0.15) is 34.1 Å². The van der Waals surface area contributed by atoms with Crippen LogP contribution in [0.25, 0.3) is 0 Å². The fourth-order valence-corrected chi connectivity index (χ4v) is 2.56. The van der Waals surface area contributed by atoms with Gasteiger partial charge in [-0.2, -0.15) is 8.42 Å². The summed E-state index contributed by atoms with van der Waals surface area (Å²) in [6, 6.07) is 6.00. The molecule has 0 saturated heterocycles. The lowest BCUT2D eigenvalue weighted by Gasteiger charge is -2.29. The molecule has 0 radical (unpaired) electrons. The average Bonchev–Trinajstić information content (AvgIpc) is 2.25. The molecule has 0 saturated carbocycles. The lowest BCUT2D eigenvalue weighted by atomic mass is 9.82. The first kappa shape index (κ1) is 11.9. The van der Waals surface area contributed by atoms with Crippen LogP contribution in [0.15, 0.2) is 24.3 Å². The molecule has 90 valence electrons. The molecule has 0 bridgehead atoms. The van der Waals surface area contributed by atoms with Gasteiger partial charge in [-0.25, -0.2) is 0 Å². The summed E-state index contributed by atoms with van der Waals surface area (Å²) >= 11 is 0. The Balaban J connectivity index is 2.70. The standard InChI is InChI=1S/C11H10O5S/c1-11(17(14,15)16)6-9(12)7-4-2-3-5-8(7)10(11)13/h2-5H,6H2,1H3,(H,14,15,16). The van der Waals surface area contributed by atoms with E-state index >= 15 is 0 Å². The lowest BCUT2D eigenvalue weighted by molar-refractivity contribution is 0.0846. The highest BCUT2D eigenvalue weighted by Crippen LogP contribution is 2.33. The predicted molar refractivity (Wildman–Crippen MR) is 59.7 cm³/mol. The number of ketones is 2. The summed E-state index contributed by atoms with van der Waals surface area (Å²) in [6.45, 7) is 1.07. The normalized spacial score (nSPS) is 24.6. The van der Waals surface area contributed by atoms with Gasteiger partial charge < -0.3 is 0 Å². The molecular formula is C11H10O5S. The molecular weight excluding hydrogens is 244 g/mol. The first-order valence-corrected chi connectivity index (χ1v) is 6.35. The molecule has 1 atom stereocenters. The van der Waals surface area contributed by atoms with Crippen molar-refractivity contribution in [3.8, 4) is 0 Å². The van der Waals surface area contributed by atoms with Gasteiger partial charge in [0, 0.05) is 17.5 Å². The van der Waals surface area contributed by atoms with E-state index in [1.54, 1.807) is 12.1 Å². The van der Waals surface area contributed by atoms with Crippen LogP contribution < -0.4 is 0 Å². The van der Waals surface area contributed by atoms with Gasteiger partial charge in [0.2, 0.25) is 0 Å². The fourth-order valence-electron chi connectivity index (χ4n) is 1.90. The van der Waals surface area contributed by atoms with Crippen molar-refractivity contribution in [2.24, 2.45) is 0 Å². The van der Waals surface area contributed by atoms with E-state index in [4.69, 9.17) is 4.55 Å². The zero-order chi connectivity index (χ0) is 12.8. The van der Waals surface area contributed by atoms with E-state index in [0.29, 0.717) is 0 Å². The van der Waals surface area contributed by atoms with Crippen molar-refractivity contribution in [2.75, 3.05) is 0 Å². The van der Waals surface area contributed by atoms with Crippen molar-refractivity contribution in [3.63, 3.8) is 0 Å². The first-order valence-electron chi connectivity index (χ1n) is 4.91. The molecule has 1 aromatic carbocycles. The Morgan fingerprint density at radius 1 is 1.18 bits per heavy atom. The Labute approximate surface area is 98.2 Å². The summed E-state index contributed by atoms with van der Waals surface area (Å²) in [4.78, 5) is 23.8. The molecule has 0 spiro atoms. The number of benzene rings is 1. The number of fused-ring (bicyclic) bond motifs is 1. The Morgan fingerprint density at radius 3 is 2.24 bits per heavy atom. The van der Waals surface area contributed by atoms with Gasteiger partial charge >= 0.3 is 0 Å². The zero-order valence-corrected chi connectivity index (χ0v) is 9.82. The molecule has 0 amide bonds. The van der Waals surface area contributed by atoms with Crippen LogP contribution in [-0.2, 0) is 10.1 Å². The van der Waals surface area contributed by atoms with Crippen molar-refractivity contribution < 1.29 is 22.6 Å². The minimum atomic E-state index is -4.62. The number of carbonyl (C=O) groups excluding carboxylic acids is 2.